The van der Waals surface area contributed by atoms with Crippen molar-refractivity contribution in [2.24, 2.45) is 0 Å². The number of anilines is 1. The average Bonchev–Trinajstić information content (AvgIpc) is 2.68. The van der Waals surface area contributed by atoms with Gasteiger partial charge >= 0.3 is 0 Å². The Kier molecular flexibility index (Phi) is 4.30. The molecule has 1 N–H and O–H groups in total. The van der Waals surface area contributed by atoms with E-state index in [4.69, 9.17) is 0 Å². The van der Waals surface area contributed by atoms with Crippen molar-refractivity contribution in [3.05, 3.63) is 15.1 Å². The molecule has 7 heteroatoms. The smallest absolute Gasteiger partial charge is 0.151 e. The molecule has 1 saturated heterocycles. The molecular formula is C13H20IN3O2S. The Morgan fingerprint density at radius 3 is 2.40 bits per heavy atom. The van der Waals surface area contributed by atoms with Gasteiger partial charge < -0.3 is 5.32 Å². The van der Waals surface area contributed by atoms with Gasteiger partial charge in [0.25, 0.3) is 0 Å². The maximum Gasteiger partial charge on any atom is 0.151 e. The molecule has 1 aliphatic rings. The molecule has 20 heavy (non-hydrogen) atoms. The van der Waals surface area contributed by atoms with E-state index in [-0.39, 0.29) is 22.8 Å². The van der Waals surface area contributed by atoms with Gasteiger partial charge in [-0.15, -0.1) is 0 Å². The summed E-state index contributed by atoms with van der Waals surface area (Å²) >= 11 is 2.25. The minimum atomic E-state index is -2.92. The molecule has 0 radical (unpaired) electrons. The highest BCUT2D eigenvalue weighted by molar-refractivity contribution is 14.1. The highest BCUT2D eigenvalue weighted by Crippen LogP contribution is 2.33. The molecule has 5 nitrogen and oxygen atoms in total. The van der Waals surface area contributed by atoms with Gasteiger partial charge in [-0.25, -0.2) is 18.4 Å². The predicted molar refractivity (Wildman–Crippen MR) is 89.0 cm³/mol. The van der Waals surface area contributed by atoms with E-state index in [0.717, 1.165) is 15.1 Å². The summed E-state index contributed by atoms with van der Waals surface area (Å²) in [5.74, 6) is 1.77. The fraction of sp³-hybridized carbons (Fsp3) is 0.692. The topological polar surface area (TPSA) is 72.0 Å². The highest BCUT2D eigenvalue weighted by Gasteiger charge is 2.33. The van der Waals surface area contributed by atoms with Crippen LogP contribution in [0.15, 0.2) is 0 Å². The molecule has 1 aromatic rings. The number of aromatic nitrogens is 2. The third kappa shape index (κ3) is 3.24. The molecule has 1 atom stereocenters. The van der Waals surface area contributed by atoms with E-state index in [9.17, 15) is 8.42 Å². The van der Waals surface area contributed by atoms with Crippen molar-refractivity contribution in [3.63, 3.8) is 0 Å². The molecule has 0 aromatic carbocycles. The fourth-order valence-corrected chi connectivity index (χ4v) is 5.37. The van der Waals surface area contributed by atoms with Crippen LogP contribution in [0, 0.1) is 3.57 Å². The minimum absolute atomic E-state index is 0.0785. The van der Waals surface area contributed by atoms with Crippen LogP contribution in [0.25, 0.3) is 0 Å². The molecule has 2 rings (SSSR count). The van der Waals surface area contributed by atoms with Gasteiger partial charge in [0, 0.05) is 18.4 Å². The van der Waals surface area contributed by atoms with Crippen molar-refractivity contribution in [1.82, 2.24) is 9.97 Å². The number of sulfone groups is 1. The second kappa shape index (κ2) is 5.40. The first-order valence-corrected chi connectivity index (χ1v) is 9.50. The third-order valence-corrected chi connectivity index (χ3v) is 6.20. The monoisotopic (exact) mass is 409 g/mol. The molecule has 112 valence electrons. The number of hydrogen-bond acceptors (Lipinski definition) is 5. The highest BCUT2D eigenvalue weighted by atomic mass is 127. The summed E-state index contributed by atoms with van der Waals surface area (Å²) in [5.41, 5.74) is 0.869. The van der Waals surface area contributed by atoms with Crippen molar-refractivity contribution in [1.29, 1.82) is 0 Å². The van der Waals surface area contributed by atoms with Crippen molar-refractivity contribution in [2.45, 2.75) is 38.5 Å². The van der Waals surface area contributed by atoms with Gasteiger partial charge in [-0.1, -0.05) is 20.8 Å². The van der Waals surface area contributed by atoms with E-state index < -0.39 is 9.84 Å². The molecule has 1 fully saturated rings. The van der Waals surface area contributed by atoms with E-state index in [1.165, 1.54) is 0 Å². The molecule has 0 spiro atoms. The van der Waals surface area contributed by atoms with Crippen LogP contribution in [0.1, 0.15) is 44.6 Å². The van der Waals surface area contributed by atoms with E-state index >= 15 is 0 Å². The number of rotatable bonds is 2. The number of halogens is 1. The number of hydrogen-bond donors (Lipinski definition) is 1. The van der Waals surface area contributed by atoms with Gasteiger partial charge in [-0.05, 0) is 29.0 Å². The first kappa shape index (κ1) is 15.9. The summed E-state index contributed by atoms with van der Waals surface area (Å²) in [6.45, 7) is 6.31. The lowest BCUT2D eigenvalue weighted by Crippen LogP contribution is -2.20. The normalized spacial score (nSPS) is 21.9. The average molecular weight is 409 g/mol. The van der Waals surface area contributed by atoms with E-state index in [2.05, 4.69) is 58.6 Å². The largest absolute Gasteiger partial charge is 0.372 e. The van der Waals surface area contributed by atoms with Crippen LogP contribution in [-0.4, -0.2) is 36.9 Å². The zero-order chi connectivity index (χ0) is 15.1. The molecule has 0 amide bonds. The number of nitrogens with zero attached hydrogens (tertiary/aromatic N) is 2. The molecule has 0 aliphatic carbocycles. The Balaban J connectivity index is 2.50. The second-order valence-electron chi connectivity index (χ2n) is 6.19. The van der Waals surface area contributed by atoms with Crippen molar-refractivity contribution < 1.29 is 8.42 Å². The summed E-state index contributed by atoms with van der Waals surface area (Å²) in [4.78, 5) is 9.20. The van der Waals surface area contributed by atoms with Crippen LogP contribution < -0.4 is 5.32 Å². The van der Waals surface area contributed by atoms with Crippen LogP contribution in [0.2, 0.25) is 0 Å². The Bertz CT molecular complexity index is 623. The molecule has 0 bridgehead atoms. The van der Waals surface area contributed by atoms with Crippen LogP contribution >= 0.6 is 22.6 Å². The summed E-state index contributed by atoms with van der Waals surface area (Å²) in [6.07, 6.45) is 0.621. The summed E-state index contributed by atoms with van der Waals surface area (Å²) in [7, 11) is -1.10. The Morgan fingerprint density at radius 2 is 1.95 bits per heavy atom. The molecule has 0 saturated carbocycles. The van der Waals surface area contributed by atoms with Gasteiger partial charge in [0.1, 0.15) is 11.6 Å². The van der Waals surface area contributed by atoms with Crippen LogP contribution in [0.3, 0.4) is 0 Å². The lowest BCUT2D eigenvalue weighted by molar-refractivity contribution is 0.552. The van der Waals surface area contributed by atoms with Gasteiger partial charge in [-0.3, -0.25) is 0 Å². The van der Waals surface area contributed by atoms with E-state index in [1.54, 1.807) is 0 Å². The zero-order valence-electron chi connectivity index (χ0n) is 12.2. The van der Waals surface area contributed by atoms with Crippen molar-refractivity contribution in [3.8, 4) is 0 Å². The van der Waals surface area contributed by atoms with E-state index in [0.29, 0.717) is 12.2 Å². The lowest BCUT2D eigenvalue weighted by Gasteiger charge is -2.22. The quantitative estimate of drug-likeness (QED) is 0.760. The van der Waals surface area contributed by atoms with Crippen LogP contribution in [-0.2, 0) is 15.3 Å². The van der Waals surface area contributed by atoms with Gasteiger partial charge in [0.2, 0.25) is 0 Å². The summed E-state index contributed by atoms with van der Waals surface area (Å²) in [6, 6.07) is 0. The van der Waals surface area contributed by atoms with Crippen molar-refractivity contribution >= 4 is 38.2 Å². The zero-order valence-corrected chi connectivity index (χ0v) is 15.2. The second-order valence-corrected chi connectivity index (χ2v) is 9.50. The van der Waals surface area contributed by atoms with Crippen molar-refractivity contribution in [2.75, 3.05) is 23.9 Å². The molecule has 1 aromatic heterocycles. The molecule has 1 aliphatic heterocycles. The summed E-state index contributed by atoms with van der Waals surface area (Å²) < 4.78 is 24.3. The number of nitrogens with one attached hydrogen (secondary N) is 1. The van der Waals surface area contributed by atoms with Gasteiger partial charge in [-0.2, -0.15) is 0 Å². The van der Waals surface area contributed by atoms with Gasteiger partial charge in [0.05, 0.1) is 20.8 Å². The first-order chi connectivity index (χ1) is 9.14. The SMILES string of the molecule is CNc1nc(C2CCS(=O)(=O)C2)nc(C(C)(C)C)c1I. The molecule has 2 heterocycles. The third-order valence-electron chi connectivity index (χ3n) is 3.41. The standard InChI is InChI=1S/C13H20IN3O2S/c1-13(2,3)10-9(14)12(15-4)17-11(16-10)8-5-6-20(18,19)7-8/h8H,5-7H2,1-4H3,(H,15,16,17). The minimum Gasteiger partial charge on any atom is -0.372 e. The van der Waals surface area contributed by atoms with E-state index in [1.807, 2.05) is 7.05 Å². The molecular weight excluding hydrogens is 389 g/mol. The van der Waals surface area contributed by atoms with Crippen LogP contribution in [0.5, 0.6) is 0 Å². The van der Waals surface area contributed by atoms with Crippen LogP contribution in [0.4, 0.5) is 5.82 Å². The maximum absolute atomic E-state index is 11.6. The first-order valence-electron chi connectivity index (χ1n) is 6.60. The molecule has 1 unspecified atom stereocenters. The Hall–Kier alpha value is -0.440. The lowest BCUT2D eigenvalue weighted by atomic mass is 9.91. The predicted octanol–water partition coefficient (Wildman–Crippen LogP) is 2.32. The Morgan fingerprint density at radius 1 is 1.30 bits per heavy atom. The fourth-order valence-electron chi connectivity index (χ4n) is 2.31. The maximum atomic E-state index is 11.6. The summed E-state index contributed by atoms with van der Waals surface area (Å²) in [5, 5.41) is 3.08. The Labute approximate surface area is 134 Å². The van der Waals surface area contributed by atoms with Gasteiger partial charge in [0.15, 0.2) is 9.84 Å².